The van der Waals surface area contributed by atoms with Crippen molar-refractivity contribution in [1.29, 1.82) is 0 Å². The van der Waals surface area contributed by atoms with Gasteiger partial charge in [-0.2, -0.15) is 0 Å². The summed E-state index contributed by atoms with van der Waals surface area (Å²) in [6, 6.07) is 0. The van der Waals surface area contributed by atoms with Crippen molar-refractivity contribution in [2.24, 2.45) is 10.8 Å². The summed E-state index contributed by atoms with van der Waals surface area (Å²) in [5, 5.41) is 0. The Bertz CT molecular complexity index is 536. The Labute approximate surface area is 119 Å². The highest BCUT2D eigenvalue weighted by Crippen LogP contribution is 2.43. The van der Waals surface area contributed by atoms with Crippen LogP contribution in [0, 0.1) is 22.7 Å². The molecule has 2 unspecified atom stereocenters. The van der Waals surface area contributed by atoms with E-state index in [4.69, 9.17) is 0 Å². The van der Waals surface area contributed by atoms with Crippen LogP contribution in [0.25, 0.3) is 0 Å². The fraction of sp³-hybridized carbons (Fsp3) is 0.857. The summed E-state index contributed by atoms with van der Waals surface area (Å²) in [4.78, 5) is 0. The molecular weight excluding hydrogens is 280 g/mol. The molecular formula is C14H24O3S2. The average Bonchev–Trinajstić information content (AvgIpc) is 2.11. The molecule has 0 N–H and O–H groups in total. The molecule has 5 heteroatoms. The fourth-order valence-electron chi connectivity index (χ4n) is 2.21. The molecule has 0 bridgehead atoms. The van der Waals surface area contributed by atoms with Crippen molar-refractivity contribution in [3.63, 3.8) is 0 Å². The molecule has 1 saturated heterocycles. The van der Waals surface area contributed by atoms with Gasteiger partial charge in [-0.25, -0.2) is 8.42 Å². The van der Waals surface area contributed by atoms with E-state index in [2.05, 4.69) is 11.8 Å². The van der Waals surface area contributed by atoms with Gasteiger partial charge in [0.05, 0.1) is 16.6 Å². The van der Waals surface area contributed by atoms with Gasteiger partial charge in [-0.05, 0) is 27.2 Å². The molecule has 1 aliphatic rings. The van der Waals surface area contributed by atoms with Gasteiger partial charge in [0.1, 0.15) is 0 Å². The van der Waals surface area contributed by atoms with Gasteiger partial charge in [0.2, 0.25) is 4.08 Å². The molecule has 19 heavy (non-hydrogen) atoms. The highest BCUT2D eigenvalue weighted by atomic mass is 32.3. The van der Waals surface area contributed by atoms with Crippen LogP contribution in [-0.4, -0.2) is 28.2 Å². The van der Waals surface area contributed by atoms with E-state index < -0.39 is 30.1 Å². The third-order valence-corrected chi connectivity index (χ3v) is 8.84. The summed E-state index contributed by atoms with van der Waals surface area (Å²) in [5.74, 6) is 6.41. The summed E-state index contributed by atoms with van der Waals surface area (Å²) < 4.78 is 36.3. The van der Waals surface area contributed by atoms with Crippen molar-refractivity contribution in [1.82, 2.24) is 0 Å². The third kappa shape index (κ3) is 3.05. The van der Waals surface area contributed by atoms with Crippen molar-refractivity contribution in [3.8, 4) is 11.8 Å². The fourth-order valence-corrected chi connectivity index (χ4v) is 7.52. The van der Waals surface area contributed by atoms with E-state index in [1.165, 1.54) is 0 Å². The van der Waals surface area contributed by atoms with Crippen molar-refractivity contribution in [3.05, 3.63) is 0 Å². The van der Waals surface area contributed by atoms with Crippen molar-refractivity contribution >= 4 is 20.6 Å². The lowest BCUT2D eigenvalue weighted by Gasteiger charge is -2.41. The summed E-state index contributed by atoms with van der Waals surface area (Å²) in [6.07, 6.45) is 0.462. The summed E-state index contributed by atoms with van der Waals surface area (Å²) in [5.41, 5.74) is -0.981. The van der Waals surface area contributed by atoms with E-state index in [9.17, 15) is 12.6 Å². The van der Waals surface area contributed by atoms with Gasteiger partial charge >= 0.3 is 0 Å². The Morgan fingerprint density at radius 1 is 1.11 bits per heavy atom. The van der Waals surface area contributed by atoms with E-state index in [1.807, 2.05) is 41.5 Å². The Morgan fingerprint density at radius 3 is 2.00 bits per heavy atom. The summed E-state index contributed by atoms with van der Waals surface area (Å²) in [6.45, 7) is 11.2. The topological polar surface area (TPSA) is 51.2 Å². The monoisotopic (exact) mass is 304 g/mol. The summed E-state index contributed by atoms with van der Waals surface area (Å²) in [7, 11) is -4.96. The maximum Gasteiger partial charge on any atom is 0.211 e. The van der Waals surface area contributed by atoms with E-state index in [1.54, 1.807) is 0 Å². The number of rotatable bonds is 0. The maximum absolute atomic E-state index is 12.6. The zero-order chi connectivity index (χ0) is 15.1. The first-order valence-corrected chi connectivity index (χ1v) is 9.46. The van der Waals surface area contributed by atoms with E-state index in [0.717, 1.165) is 0 Å². The molecule has 110 valence electrons. The van der Waals surface area contributed by atoms with Crippen LogP contribution < -0.4 is 0 Å². The first-order chi connectivity index (χ1) is 8.33. The van der Waals surface area contributed by atoms with Gasteiger partial charge in [-0.3, -0.25) is 4.21 Å². The van der Waals surface area contributed by atoms with Crippen LogP contribution in [0.4, 0.5) is 0 Å². The van der Waals surface area contributed by atoms with Crippen LogP contribution in [-0.2, 0) is 20.6 Å². The third-order valence-electron chi connectivity index (χ3n) is 3.09. The molecule has 1 rings (SSSR count). The molecule has 0 saturated carbocycles. The predicted octanol–water partition coefficient (Wildman–Crippen LogP) is 2.35. The van der Waals surface area contributed by atoms with Crippen LogP contribution in [0.2, 0.25) is 0 Å². The SMILES string of the molecule is CC(C)(C)C#CC1(C(C)(C)C)S(=O)CCCS1(=O)=O. The maximum atomic E-state index is 12.6. The molecule has 0 aromatic carbocycles. The van der Waals surface area contributed by atoms with Gasteiger partial charge in [0, 0.05) is 16.6 Å². The second-order valence-corrected chi connectivity index (χ2v) is 11.3. The van der Waals surface area contributed by atoms with Gasteiger partial charge < -0.3 is 0 Å². The average molecular weight is 304 g/mol. The molecule has 0 amide bonds. The molecule has 1 fully saturated rings. The first-order valence-electron chi connectivity index (χ1n) is 6.49. The van der Waals surface area contributed by atoms with Crippen LogP contribution in [0.3, 0.4) is 0 Å². The molecule has 0 aliphatic carbocycles. The van der Waals surface area contributed by atoms with Crippen LogP contribution in [0.1, 0.15) is 48.0 Å². The normalized spacial score (nSPS) is 31.4. The molecule has 3 nitrogen and oxygen atoms in total. The quantitative estimate of drug-likeness (QED) is 0.646. The molecule has 1 aliphatic heterocycles. The lowest BCUT2D eigenvalue weighted by molar-refractivity contribution is 0.386. The van der Waals surface area contributed by atoms with Crippen LogP contribution >= 0.6 is 0 Å². The van der Waals surface area contributed by atoms with E-state index in [-0.39, 0.29) is 11.2 Å². The van der Waals surface area contributed by atoms with Gasteiger partial charge in [0.15, 0.2) is 9.84 Å². The van der Waals surface area contributed by atoms with Gasteiger partial charge in [0.25, 0.3) is 0 Å². The van der Waals surface area contributed by atoms with E-state index >= 15 is 0 Å². The standard InChI is InChI=1S/C14H24O3S2/c1-12(2,3)8-9-14(13(4,5)6)18(15)10-7-11-19(14,16)17/h7,10-11H2,1-6H3. The summed E-state index contributed by atoms with van der Waals surface area (Å²) >= 11 is 0. The number of sulfone groups is 1. The predicted molar refractivity (Wildman–Crippen MR) is 80.8 cm³/mol. The second-order valence-electron chi connectivity index (χ2n) is 7.09. The highest BCUT2D eigenvalue weighted by molar-refractivity contribution is 8.08. The molecule has 0 aromatic heterocycles. The lowest BCUT2D eigenvalue weighted by atomic mass is 9.89. The molecule has 0 radical (unpaired) electrons. The Morgan fingerprint density at radius 2 is 1.63 bits per heavy atom. The van der Waals surface area contributed by atoms with Crippen molar-refractivity contribution < 1.29 is 12.6 Å². The largest absolute Gasteiger partial charge is 0.257 e. The smallest absolute Gasteiger partial charge is 0.211 e. The van der Waals surface area contributed by atoms with Gasteiger partial charge in [-0.15, -0.1) is 0 Å². The molecule has 1 heterocycles. The molecule has 0 spiro atoms. The molecule has 2 atom stereocenters. The Kier molecular flexibility index (Phi) is 4.30. The number of hydrogen-bond donors (Lipinski definition) is 0. The van der Waals surface area contributed by atoms with Gasteiger partial charge in [-0.1, -0.05) is 32.6 Å². The minimum atomic E-state index is -3.49. The zero-order valence-electron chi connectivity index (χ0n) is 12.7. The lowest BCUT2D eigenvalue weighted by Crippen LogP contribution is -2.56. The Balaban J connectivity index is 3.59. The first kappa shape index (κ1) is 16.7. The number of hydrogen-bond acceptors (Lipinski definition) is 3. The molecule has 0 aromatic rings. The Hall–Kier alpha value is -0.340. The zero-order valence-corrected chi connectivity index (χ0v) is 14.3. The van der Waals surface area contributed by atoms with Crippen LogP contribution in [0.15, 0.2) is 0 Å². The minimum Gasteiger partial charge on any atom is -0.257 e. The second kappa shape index (κ2) is 4.89. The minimum absolute atomic E-state index is 0.0782. The van der Waals surface area contributed by atoms with Crippen molar-refractivity contribution in [2.45, 2.75) is 52.0 Å². The van der Waals surface area contributed by atoms with Crippen LogP contribution in [0.5, 0.6) is 0 Å². The van der Waals surface area contributed by atoms with E-state index in [0.29, 0.717) is 12.2 Å². The highest BCUT2D eigenvalue weighted by Gasteiger charge is 2.58. The van der Waals surface area contributed by atoms with Crippen molar-refractivity contribution in [2.75, 3.05) is 11.5 Å².